The molecule has 1 aliphatic rings. The molecule has 1 fully saturated rings. The summed E-state index contributed by atoms with van der Waals surface area (Å²) in [7, 11) is 1.56. The van der Waals surface area contributed by atoms with Crippen LogP contribution in [0.25, 0.3) is 0 Å². The Bertz CT molecular complexity index is 650. The zero-order valence-corrected chi connectivity index (χ0v) is 13.2. The number of likely N-dealkylation sites (tertiary alicyclic amines) is 1. The van der Waals surface area contributed by atoms with E-state index in [1.807, 2.05) is 6.92 Å². The van der Waals surface area contributed by atoms with Crippen LogP contribution in [0.1, 0.15) is 17.7 Å². The van der Waals surface area contributed by atoms with Crippen LogP contribution >= 0.6 is 0 Å². The molecule has 1 N–H and O–H groups in total. The number of alkyl halides is 1. The molecule has 7 nitrogen and oxygen atoms in total. The Morgan fingerprint density at radius 2 is 2.39 bits per heavy atom. The van der Waals surface area contributed by atoms with Gasteiger partial charge in [-0.3, -0.25) is 4.90 Å². The van der Waals surface area contributed by atoms with Crippen molar-refractivity contribution in [1.82, 2.24) is 20.0 Å². The molecule has 3 heterocycles. The van der Waals surface area contributed by atoms with E-state index in [2.05, 4.69) is 25.3 Å². The molecule has 2 aromatic rings. The Morgan fingerprint density at radius 3 is 3.13 bits per heavy atom. The van der Waals surface area contributed by atoms with Crippen molar-refractivity contribution in [2.45, 2.75) is 32.1 Å². The molecule has 0 amide bonds. The van der Waals surface area contributed by atoms with E-state index in [9.17, 15) is 4.39 Å². The first kappa shape index (κ1) is 15.7. The van der Waals surface area contributed by atoms with E-state index in [0.717, 1.165) is 11.3 Å². The van der Waals surface area contributed by atoms with Crippen molar-refractivity contribution in [3.63, 3.8) is 0 Å². The van der Waals surface area contributed by atoms with E-state index >= 15 is 0 Å². The topological polar surface area (TPSA) is 76.3 Å². The van der Waals surface area contributed by atoms with Crippen molar-refractivity contribution >= 4 is 5.95 Å². The standard InChI is InChI=1S/C15H20FN5O2/c1-10-11(6-19-23-10)8-21-9-12(16)5-13(21)7-18-15-17-4-3-14(20-15)22-2/h3-4,6,12-13H,5,7-9H2,1-2H3,(H,17,18,20)/t12-,13-/m0/s1. The SMILES string of the molecule is COc1ccnc(NC[C@@H]2C[C@H](F)CN2Cc2cnoc2C)n1. The minimum atomic E-state index is -0.826. The number of halogens is 1. The number of nitrogens with one attached hydrogen (secondary N) is 1. The Hall–Kier alpha value is -2.22. The number of aromatic nitrogens is 3. The zero-order valence-electron chi connectivity index (χ0n) is 13.2. The summed E-state index contributed by atoms with van der Waals surface area (Å²) in [6.45, 7) is 3.47. The van der Waals surface area contributed by atoms with Gasteiger partial charge in [0.15, 0.2) is 0 Å². The van der Waals surface area contributed by atoms with Gasteiger partial charge >= 0.3 is 0 Å². The molecule has 1 saturated heterocycles. The summed E-state index contributed by atoms with van der Waals surface area (Å²) >= 11 is 0. The fourth-order valence-corrected chi connectivity index (χ4v) is 2.77. The minimum absolute atomic E-state index is 0.0640. The van der Waals surface area contributed by atoms with Gasteiger partial charge in [0.1, 0.15) is 11.9 Å². The molecule has 0 saturated carbocycles. The van der Waals surface area contributed by atoms with Crippen LogP contribution in [0.15, 0.2) is 23.0 Å². The summed E-state index contributed by atoms with van der Waals surface area (Å²) in [6, 6.07) is 1.74. The molecule has 23 heavy (non-hydrogen) atoms. The Kier molecular flexibility index (Phi) is 4.71. The number of anilines is 1. The number of hydrogen-bond donors (Lipinski definition) is 1. The van der Waals surface area contributed by atoms with Crippen LogP contribution in [0.5, 0.6) is 5.88 Å². The predicted molar refractivity (Wildman–Crippen MR) is 82.0 cm³/mol. The van der Waals surface area contributed by atoms with Crippen molar-refractivity contribution in [3.05, 3.63) is 29.8 Å². The molecule has 0 spiro atoms. The molecule has 8 heteroatoms. The second kappa shape index (κ2) is 6.91. The largest absolute Gasteiger partial charge is 0.481 e. The number of nitrogens with zero attached hydrogens (tertiary/aromatic N) is 4. The molecule has 0 bridgehead atoms. The van der Waals surface area contributed by atoms with Crippen molar-refractivity contribution in [2.75, 3.05) is 25.5 Å². The van der Waals surface area contributed by atoms with E-state index in [1.165, 1.54) is 0 Å². The van der Waals surface area contributed by atoms with Gasteiger partial charge in [-0.15, -0.1) is 0 Å². The highest BCUT2D eigenvalue weighted by Crippen LogP contribution is 2.24. The highest BCUT2D eigenvalue weighted by molar-refractivity contribution is 5.27. The van der Waals surface area contributed by atoms with E-state index in [-0.39, 0.29) is 6.04 Å². The highest BCUT2D eigenvalue weighted by Gasteiger charge is 2.32. The van der Waals surface area contributed by atoms with Gasteiger partial charge in [-0.2, -0.15) is 4.98 Å². The lowest BCUT2D eigenvalue weighted by Gasteiger charge is -2.23. The molecule has 2 aromatic heterocycles. The molecule has 0 aliphatic carbocycles. The quantitative estimate of drug-likeness (QED) is 0.869. The van der Waals surface area contributed by atoms with Gasteiger partial charge in [-0.25, -0.2) is 9.37 Å². The van der Waals surface area contributed by atoms with Crippen molar-refractivity contribution < 1.29 is 13.7 Å². The molecular weight excluding hydrogens is 301 g/mol. The van der Waals surface area contributed by atoms with Crippen LogP contribution in [-0.4, -0.2) is 52.4 Å². The maximum absolute atomic E-state index is 13.8. The van der Waals surface area contributed by atoms with Crippen molar-refractivity contribution in [3.8, 4) is 5.88 Å². The van der Waals surface area contributed by atoms with Gasteiger partial charge < -0.3 is 14.6 Å². The molecule has 0 aromatic carbocycles. The van der Waals surface area contributed by atoms with Crippen molar-refractivity contribution in [1.29, 1.82) is 0 Å². The summed E-state index contributed by atoms with van der Waals surface area (Å²) in [5.41, 5.74) is 0.988. The van der Waals surface area contributed by atoms with Gasteiger partial charge in [-0.1, -0.05) is 5.16 Å². The first-order valence-electron chi connectivity index (χ1n) is 7.55. The van der Waals surface area contributed by atoms with Gasteiger partial charge in [0.05, 0.1) is 13.3 Å². The third kappa shape index (κ3) is 3.76. The third-order valence-electron chi connectivity index (χ3n) is 4.04. The predicted octanol–water partition coefficient (Wildman–Crippen LogP) is 1.81. The maximum atomic E-state index is 13.8. The summed E-state index contributed by atoms with van der Waals surface area (Å²) in [5, 5.41) is 6.93. The zero-order chi connectivity index (χ0) is 16.2. The van der Waals surface area contributed by atoms with Crippen LogP contribution in [0.4, 0.5) is 10.3 Å². The van der Waals surface area contributed by atoms with Crippen LogP contribution < -0.4 is 10.1 Å². The first-order valence-corrected chi connectivity index (χ1v) is 7.55. The van der Waals surface area contributed by atoms with E-state index in [4.69, 9.17) is 9.26 Å². The number of methoxy groups -OCH3 is 1. The van der Waals surface area contributed by atoms with Gasteiger partial charge in [0.25, 0.3) is 0 Å². The lowest BCUT2D eigenvalue weighted by Crippen LogP contribution is -2.34. The first-order chi connectivity index (χ1) is 11.2. The number of rotatable bonds is 6. The number of ether oxygens (including phenoxy) is 1. The molecule has 0 unspecified atom stereocenters. The summed E-state index contributed by atoms with van der Waals surface area (Å²) < 4.78 is 24.0. The van der Waals surface area contributed by atoms with E-state index in [0.29, 0.717) is 37.9 Å². The van der Waals surface area contributed by atoms with Gasteiger partial charge in [0, 0.05) is 43.5 Å². The molecule has 2 atom stereocenters. The molecular formula is C15H20FN5O2. The lowest BCUT2D eigenvalue weighted by atomic mass is 10.2. The Balaban J connectivity index is 1.62. The van der Waals surface area contributed by atoms with Crippen LogP contribution in [0.3, 0.4) is 0 Å². The molecule has 124 valence electrons. The van der Waals surface area contributed by atoms with Crippen molar-refractivity contribution in [2.24, 2.45) is 0 Å². The maximum Gasteiger partial charge on any atom is 0.225 e. The Morgan fingerprint density at radius 1 is 1.52 bits per heavy atom. The lowest BCUT2D eigenvalue weighted by molar-refractivity contribution is 0.239. The second-order valence-electron chi connectivity index (χ2n) is 5.63. The number of hydrogen-bond acceptors (Lipinski definition) is 7. The number of aryl methyl sites for hydroxylation is 1. The average Bonchev–Trinajstić information content (AvgIpc) is 3.12. The monoisotopic (exact) mass is 321 g/mol. The highest BCUT2D eigenvalue weighted by atomic mass is 19.1. The Labute approximate surface area is 133 Å². The summed E-state index contributed by atoms with van der Waals surface area (Å²) in [6.07, 6.45) is 2.98. The second-order valence-corrected chi connectivity index (χ2v) is 5.63. The summed E-state index contributed by atoms with van der Waals surface area (Å²) in [4.78, 5) is 10.4. The third-order valence-corrected chi connectivity index (χ3v) is 4.04. The molecule has 1 aliphatic heterocycles. The van der Waals surface area contributed by atoms with Gasteiger partial charge in [-0.05, 0) is 13.3 Å². The van der Waals surface area contributed by atoms with Crippen LogP contribution in [0, 0.1) is 6.92 Å². The smallest absolute Gasteiger partial charge is 0.225 e. The molecule has 3 rings (SSSR count). The van der Waals surface area contributed by atoms with Crippen LogP contribution in [-0.2, 0) is 6.54 Å². The fraction of sp³-hybridized carbons (Fsp3) is 0.533. The van der Waals surface area contributed by atoms with Gasteiger partial charge in [0.2, 0.25) is 11.8 Å². The van der Waals surface area contributed by atoms with E-state index in [1.54, 1.807) is 25.6 Å². The van der Waals surface area contributed by atoms with E-state index < -0.39 is 6.17 Å². The summed E-state index contributed by atoms with van der Waals surface area (Å²) in [5.74, 6) is 1.75. The molecule has 0 radical (unpaired) electrons. The van der Waals surface area contributed by atoms with Crippen LogP contribution in [0.2, 0.25) is 0 Å². The normalized spacial score (nSPS) is 21.5. The fourth-order valence-electron chi connectivity index (χ4n) is 2.77. The minimum Gasteiger partial charge on any atom is -0.481 e. The average molecular weight is 321 g/mol.